The first-order valence-corrected chi connectivity index (χ1v) is 8.84. The van der Waals surface area contributed by atoms with Crippen LogP contribution in [0.5, 0.6) is 0 Å². The number of rotatable bonds is 8. The number of methoxy groups -OCH3 is 1. The molecule has 0 fully saturated rings. The molecular weight excluding hydrogens is 403 g/mol. The zero-order valence-electron chi connectivity index (χ0n) is 16.9. The molecule has 1 aromatic heterocycles. The predicted molar refractivity (Wildman–Crippen MR) is 102 cm³/mol. The van der Waals surface area contributed by atoms with E-state index in [1.165, 1.54) is 33.3 Å². The number of esters is 1. The van der Waals surface area contributed by atoms with Crippen LogP contribution in [0.1, 0.15) is 40.9 Å². The van der Waals surface area contributed by atoms with Crippen molar-refractivity contribution in [3.63, 3.8) is 0 Å². The molecule has 1 unspecified atom stereocenters. The van der Waals surface area contributed by atoms with Gasteiger partial charge in [0.2, 0.25) is 0 Å². The molecule has 0 radical (unpaired) electrons. The van der Waals surface area contributed by atoms with Crippen LogP contribution in [0.25, 0.3) is 0 Å². The number of hydrogen-bond donors (Lipinski definition) is 1. The van der Waals surface area contributed by atoms with Gasteiger partial charge in [-0.15, -0.1) is 0 Å². The van der Waals surface area contributed by atoms with E-state index in [1.54, 1.807) is 12.1 Å². The molecular formula is C20H22F3N3O4. The van der Waals surface area contributed by atoms with E-state index in [0.717, 1.165) is 11.8 Å². The first-order valence-electron chi connectivity index (χ1n) is 8.84. The molecule has 0 amide bonds. The van der Waals surface area contributed by atoms with Crippen LogP contribution >= 0.6 is 0 Å². The summed E-state index contributed by atoms with van der Waals surface area (Å²) in [6.07, 6.45) is -3.55. The maximum Gasteiger partial charge on any atom is 0.434 e. The number of benzene rings is 1. The SMILES string of the molecule is CONC(C(=O)OC)c1cccc(C)c1CO/N=C(\C)c1cccnc1C(F)(F)F. The van der Waals surface area contributed by atoms with Crippen molar-refractivity contribution in [1.82, 2.24) is 10.5 Å². The molecule has 1 aromatic carbocycles. The lowest BCUT2D eigenvalue weighted by atomic mass is 9.97. The maximum absolute atomic E-state index is 13.2. The Morgan fingerprint density at radius 3 is 2.60 bits per heavy atom. The number of aryl methyl sites for hydroxylation is 1. The molecule has 1 N–H and O–H groups in total. The van der Waals surface area contributed by atoms with E-state index in [0.29, 0.717) is 11.1 Å². The number of nitrogens with one attached hydrogen (secondary N) is 1. The fraction of sp³-hybridized carbons (Fsp3) is 0.350. The highest BCUT2D eigenvalue weighted by Gasteiger charge is 2.35. The molecule has 2 rings (SSSR count). The van der Waals surface area contributed by atoms with Crippen molar-refractivity contribution in [2.45, 2.75) is 32.7 Å². The van der Waals surface area contributed by atoms with E-state index in [2.05, 4.69) is 15.6 Å². The molecule has 162 valence electrons. The van der Waals surface area contributed by atoms with Crippen LogP contribution in [-0.4, -0.2) is 30.9 Å². The first-order chi connectivity index (χ1) is 14.2. The van der Waals surface area contributed by atoms with Crippen LogP contribution in [0.15, 0.2) is 41.7 Å². The zero-order chi connectivity index (χ0) is 22.3. The van der Waals surface area contributed by atoms with E-state index in [1.807, 2.05) is 13.0 Å². The zero-order valence-corrected chi connectivity index (χ0v) is 16.9. The Bertz CT molecular complexity index is 916. The number of carbonyl (C=O) groups is 1. The molecule has 0 aliphatic carbocycles. The normalized spacial score (nSPS) is 13.1. The predicted octanol–water partition coefficient (Wildman–Crippen LogP) is 3.71. The lowest BCUT2D eigenvalue weighted by molar-refractivity contribution is -0.147. The average Bonchev–Trinajstić information content (AvgIpc) is 2.72. The Morgan fingerprint density at radius 1 is 1.23 bits per heavy atom. The Labute approximate surface area is 171 Å². The summed E-state index contributed by atoms with van der Waals surface area (Å²) in [7, 11) is 2.61. The van der Waals surface area contributed by atoms with Crippen molar-refractivity contribution in [1.29, 1.82) is 0 Å². The van der Waals surface area contributed by atoms with E-state index in [4.69, 9.17) is 14.4 Å². The second-order valence-electron chi connectivity index (χ2n) is 6.27. The highest BCUT2D eigenvalue weighted by Crippen LogP contribution is 2.30. The third-order valence-electron chi connectivity index (χ3n) is 4.31. The molecule has 1 heterocycles. The number of halogens is 3. The van der Waals surface area contributed by atoms with Gasteiger partial charge in [-0.3, -0.25) is 4.98 Å². The number of carbonyl (C=O) groups excluding carboxylic acids is 1. The van der Waals surface area contributed by atoms with Gasteiger partial charge in [0.1, 0.15) is 6.61 Å². The fourth-order valence-corrected chi connectivity index (χ4v) is 2.83. The minimum atomic E-state index is -4.61. The average molecular weight is 425 g/mol. The second-order valence-corrected chi connectivity index (χ2v) is 6.27. The van der Waals surface area contributed by atoms with Gasteiger partial charge in [-0.25, -0.2) is 4.79 Å². The summed E-state index contributed by atoms with van der Waals surface area (Å²) in [5.41, 5.74) is 3.32. The van der Waals surface area contributed by atoms with Gasteiger partial charge in [-0.1, -0.05) is 23.4 Å². The highest BCUT2D eigenvalue weighted by atomic mass is 19.4. The summed E-state index contributed by atoms with van der Waals surface area (Å²) in [4.78, 5) is 25.7. The van der Waals surface area contributed by atoms with Crippen molar-refractivity contribution in [2.24, 2.45) is 5.16 Å². The van der Waals surface area contributed by atoms with Crippen LogP contribution in [0.4, 0.5) is 13.2 Å². The van der Waals surface area contributed by atoms with E-state index < -0.39 is 23.9 Å². The number of ether oxygens (including phenoxy) is 1. The summed E-state index contributed by atoms with van der Waals surface area (Å²) in [5, 5.41) is 3.83. The Morgan fingerprint density at radius 2 is 1.97 bits per heavy atom. The van der Waals surface area contributed by atoms with Gasteiger partial charge < -0.3 is 14.4 Å². The molecule has 2 aromatic rings. The Balaban J connectivity index is 2.30. The van der Waals surface area contributed by atoms with Gasteiger partial charge in [0.05, 0.1) is 19.9 Å². The molecule has 7 nitrogen and oxygen atoms in total. The third kappa shape index (κ3) is 5.55. The van der Waals surface area contributed by atoms with Crippen molar-refractivity contribution in [3.05, 3.63) is 64.5 Å². The van der Waals surface area contributed by atoms with Crippen LogP contribution in [0.2, 0.25) is 0 Å². The summed E-state index contributed by atoms with van der Waals surface area (Å²) in [5.74, 6) is -0.575. The van der Waals surface area contributed by atoms with E-state index >= 15 is 0 Å². The summed E-state index contributed by atoms with van der Waals surface area (Å²) < 4.78 is 44.3. The number of aromatic nitrogens is 1. The standard InChI is InChI=1S/C20H22F3N3O4/c1-12-7-5-8-15(17(26-29-4)19(27)28-3)16(12)11-30-25-13(2)14-9-6-10-24-18(14)20(21,22)23/h5-10,17,26H,11H2,1-4H3/b25-13+. The van der Waals surface area contributed by atoms with Gasteiger partial charge in [-0.05, 0) is 37.1 Å². The van der Waals surface area contributed by atoms with Crippen LogP contribution in [0, 0.1) is 6.92 Å². The number of alkyl halides is 3. The number of oxime groups is 1. The summed E-state index contributed by atoms with van der Waals surface area (Å²) >= 11 is 0. The molecule has 10 heteroatoms. The van der Waals surface area contributed by atoms with Gasteiger partial charge in [0.15, 0.2) is 11.7 Å². The van der Waals surface area contributed by atoms with Crippen molar-refractivity contribution in [3.8, 4) is 0 Å². The first kappa shape index (κ1) is 23.3. The maximum atomic E-state index is 13.2. The summed E-state index contributed by atoms with van der Waals surface area (Å²) in [6, 6.07) is 7.00. The van der Waals surface area contributed by atoms with Gasteiger partial charge in [-0.2, -0.15) is 18.7 Å². The highest BCUT2D eigenvalue weighted by molar-refractivity contribution is 5.99. The lowest BCUT2D eigenvalue weighted by Crippen LogP contribution is -2.30. The van der Waals surface area contributed by atoms with E-state index in [-0.39, 0.29) is 17.9 Å². The largest absolute Gasteiger partial charge is 0.468 e. The minimum absolute atomic E-state index is 0.0186. The molecule has 1 atom stereocenters. The molecule has 0 aliphatic heterocycles. The van der Waals surface area contributed by atoms with Crippen LogP contribution in [0.3, 0.4) is 0 Å². The third-order valence-corrected chi connectivity index (χ3v) is 4.31. The van der Waals surface area contributed by atoms with Crippen LogP contribution in [-0.2, 0) is 32.0 Å². The van der Waals surface area contributed by atoms with Crippen molar-refractivity contribution < 1.29 is 32.4 Å². The number of pyridine rings is 1. The Kier molecular flexibility index (Phi) is 7.90. The monoisotopic (exact) mass is 425 g/mol. The quantitative estimate of drug-likeness (QED) is 0.395. The molecule has 0 saturated carbocycles. The fourth-order valence-electron chi connectivity index (χ4n) is 2.83. The van der Waals surface area contributed by atoms with E-state index in [9.17, 15) is 18.0 Å². The second kappa shape index (κ2) is 10.2. The van der Waals surface area contributed by atoms with Crippen molar-refractivity contribution >= 4 is 11.7 Å². The number of hydroxylamine groups is 1. The smallest absolute Gasteiger partial charge is 0.434 e. The number of nitrogens with zero attached hydrogens (tertiary/aromatic N) is 2. The molecule has 0 spiro atoms. The molecule has 0 bridgehead atoms. The minimum Gasteiger partial charge on any atom is -0.468 e. The number of hydrogen-bond acceptors (Lipinski definition) is 7. The Hall–Kier alpha value is -2.98. The molecule has 30 heavy (non-hydrogen) atoms. The topological polar surface area (TPSA) is 82.0 Å². The van der Waals surface area contributed by atoms with Gasteiger partial charge in [0, 0.05) is 17.3 Å². The molecule has 0 saturated heterocycles. The van der Waals surface area contributed by atoms with Gasteiger partial charge in [0.25, 0.3) is 0 Å². The van der Waals surface area contributed by atoms with Crippen LogP contribution < -0.4 is 5.48 Å². The summed E-state index contributed by atoms with van der Waals surface area (Å²) in [6.45, 7) is 3.12. The van der Waals surface area contributed by atoms with Crippen molar-refractivity contribution in [2.75, 3.05) is 14.2 Å². The lowest BCUT2D eigenvalue weighted by Gasteiger charge is -2.19. The van der Waals surface area contributed by atoms with Gasteiger partial charge >= 0.3 is 12.1 Å². The molecule has 0 aliphatic rings.